The summed E-state index contributed by atoms with van der Waals surface area (Å²) in [4.78, 5) is 23.5. The molecule has 4 nitrogen and oxygen atoms in total. The van der Waals surface area contributed by atoms with Crippen LogP contribution in [0.15, 0.2) is 36.4 Å². The third-order valence-corrected chi connectivity index (χ3v) is 3.67. The number of amides is 1. The molecule has 1 amide bonds. The molecule has 0 fully saturated rings. The zero-order valence-corrected chi connectivity index (χ0v) is 14.3. The Morgan fingerprint density at radius 3 is 2.52 bits per heavy atom. The number of benzene rings is 2. The lowest BCUT2D eigenvalue weighted by Gasteiger charge is -2.08. The van der Waals surface area contributed by atoms with E-state index < -0.39 is 23.5 Å². The van der Waals surface area contributed by atoms with E-state index in [-0.39, 0.29) is 35.7 Å². The Labute approximate surface area is 152 Å². The molecule has 8 heteroatoms. The van der Waals surface area contributed by atoms with Crippen LogP contribution in [0.2, 0.25) is 10.0 Å². The summed E-state index contributed by atoms with van der Waals surface area (Å²) < 4.78 is 31.3. The van der Waals surface area contributed by atoms with Crippen LogP contribution in [0.1, 0.15) is 23.2 Å². The minimum atomic E-state index is -0.950. The van der Waals surface area contributed by atoms with Crippen LogP contribution >= 0.6 is 23.2 Å². The summed E-state index contributed by atoms with van der Waals surface area (Å²) in [5.74, 6) is -2.75. The average Bonchev–Trinajstić information content (AvgIpc) is 2.54. The highest BCUT2D eigenvalue weighted by molar-refractivity contribution is 6.35. The summed E-state index contributed by atoms with van der Waals surface area (Å²) in [7, 11) is 0. The van der Waals surface area contributed by atoms with E-state index in [4.69, 9.17) is 27.9 Å². The van der Waals surface area contributed by atoms with Crippen molar-refractivity contribution in [3.05, 3.63) is 63.6 Å². The van der Waals surface area contributed by atoms with E-state index in [1.807, 2.05) is 0 Å². The summed E-state index contributed by atoms with van der Waals surface area (Å²) in [5.41, 5.74) is -0.267. The maximum absolute atomic E-state index is 13.4. The highest BCUT2D eigenvalue weighted by Gasteiger charge is 2.13. The molecule has 0 heterocycles. The van der Waals surface area contributed by atoms with Crippen LogP contribution in [0.5, 0.6) is 5.75 Å². The number of nitrogens with one attached hydrogen (secondary N) is 1. The van der Waals surface area contributed by atoms with Crippen LogP contribution in [0.3, 0.4) is 0 Å². The highest BCUT2D eigenvalue weighted by Crippen LogP contribution is 2.27. The Morgan fingerprint density at radius 1 is 1.08 bits per heavy atom. The molecule has 2 rings (SSSR count). The number of carbonyl (C=O) groups is 2. The third kappa shape index (κ3) is 5.69. The minimum Gasteiger partial charge on any atom is -0.425 e. The van der Waals surface area contributed by atoms with E-state index in [1.165, 1.54) is 18.2 Å². The van der Waals surface area contributed by atoms with Gasteiger partial charge in [0.05, 0.1) is 10.6 Å². The van der Waals surface area contributed by atoms with Crippen molar-refractivity contribution < 1.29 is 23.1 Å². The number of carbonyl (C=O) groups excluding carboxylic acids is 2. The summed E-state index contributed by atoms with van der Waals surface area (Å²) >= 11 is 11.6. The van der Waals surface area contributed by atoms with E-state index in [9.17, 15) is 18.4 Å². The predicted molar refractivity (Wildman–Crippen MR) is 90.0 cm³/mol. The first kappa shape index (κ1) is 19.1. The number of rotatable bonds is 6. The number of ether oxygens (including phenoxy) is 1. The zero-order chi connectivity index (χ0) is 18.4. The molecule has 0 aromatic heterocycles. The van der Waals surface area contributed by atoms with Gasteiger partial charge in [-0.3, -0.25) is 9.59 Å². The van der Waals surface area contributed by atoms with Gasteiger partial charge >= 0.3 is 5.97 Å². The highest BCUT2D eigenvalue weighted by atomic mass is 35.5. The van der Waals surface area contributed by atoms with E-state index in [0.29, 0.717) is 11.1 Å². The lowest BCUT2D eigenvalue weighted by molar-refractivity contribution is -0.134. The molecule has 0 bridgehead atoms. The van der Waals surface area contributed by atoms with E-state index in [1.54, 1.807) is 0 Å². The molecule has 0 radical (unpaired) electrons. The summed E-state index contributed by atoms with van der Waals surface area (Å²) in [6.45, 7) is 0.124. The van der Waals surface area contributed by atoms with Crippen molar-refractivity contribution in [1.29, 1.82) is 0 Å². The largest absolute Gasteiger partial charge is 0.425 e. The van der Waals surface area contributed by atoms with Gasteiger partial charge in [0.25, 0.3) is 5.91 Å². The van der Waals surface area contributed by atoms with Crippen LogP contribution in [-0.2, 0) is 4.79 Å². The molecule has 0 unspecified atom stereocenters. The van der Waals surface area contributed by atoms with Gasteiger partial charge in [0.2, 0.25) is 0 Å². The number of esters is 1. The topological polar surface area (TPSA) is 55.4 Å². The fourth-order valence-corrected chi connectivity index (χ4v) is 2.38. The first-order valence-electron chi connectivity index (χ1n) is 7.26. The average molecular weight is 388 g/mol. The van der Waals surface area contributed by atoms with Gasteiger partial charge in [-0.2, -0.15) is 0 Å². The third-order valence-electron chi connectivity index (χ3n) is 3.14. The van der Waals surface area contributed by atoms with E-state index >= 15 is 0 Å². The van der Waals surface area contributed by atoms with Crippen LogP contribution < -0.4 is 10.1 Å². The Balaban J connectivity index is 1.76. The van der Waals surface area contributed by atoms with Crippen LogP contribution in [0, 0.1) is 11.6 Å². The standard InChI is InChI=1S/C17H13Cl2F2NO3/c18-10-3-6-15(13(19)8-10)25-16(23)2-1-7-22-17(24)12-5-4-11(20)9-14(12)21/h3-6,8-9H,1-2,7H2,(H,22,24). The zero-order valence-electron chi connectivity index (χ0n) is 12.8. The molecule has 132 valence electrons. The Kier molecular flexibility index (Phi) is 6.73. The first-order valence-corrected chi connectivity index (χ1v) is 8.01. The van der Waals surface area contributed by atoms with Crippen molar-refractivity contribution in [2.24, 2.45) is 0 Å². The maximum Gasteiger partial charge on any atom is 0.311 e. The Hall–Kier alpha value is -2.18. The molecular weight excluding hydrogens is 375 g/mol. The van der Waals surface area contributed by atoms with Crippen molar-refractivity contribution in [3.8, 4) is 5.75 Å². The van der Waals surface area contributed by atoms with Gasteiger partial charge in [-0.05, 0) is 36.8 Å². The predicted octanol–water partition coefficient (Wildman–Crippen LogP) is 4.39. The molecule has 0 aliphatic rings. The quantitative estimate of drug-likeness (QED) is 0.454. The minimum absolute atomic E-state index is 0.0190. The van der Waals surface area contributed by atoms with Crippen molar-refractivity contribution in [1.82, 2.24) is 5.32 Å². The summed E-state index contributed by atoms with van der Waals surface area (Å²) in [5, 5.41) is 3.07. The van der Waals surface area contributed by atoms with Gasteiger partial charge in [-0.25, -0.2) is 8.78 Å². The van der Waals surface area contributed by atoms with Gasteiger partial charge in [-0.1, -0.05) is 23.2 Å². The monoisotopic (exact) mass is 387 g/mol. The lowest BCUT2D eigenvalue weighted by atomic mass is 10.2. The molecule has 1 N–H and O–H groups in total. The molecule has 2 aromatic rings. The fraction of sp³-hybridized carbons (Fsp3) is 0.176. The van der Waals surface area contributed by atoms with Gasteiger partial charge in [0, 0.05) is 24.1 Å². The fourth-order valence-electron chi connectivity index (χ4n) is 1.94. The molecule has 0 atom stereocenters. The van der Waals surface area contributed by atoms with Gasteiger partial charge in [-0.15, -0.1) is 0 Å². The van der Waals surface area contributed by atoms with Crippen molar-refractivity contribution >= 4 is 35.1 Å². The van der Waals surface area contributed by atoms with Crippen LogP contribution in [0.4, 0.5) is 8.78 Å². The van der Waals surface area contributed by atoms with Gasteiger partial charge < -0.3 is 10.1 Å². The van der Waals surface area contributed by atoms with Crippen molar-refractivity contribution in [2.75, 3.05) is 6.54 Å². The van der Waals surface area contributed by atoms with Crippen molar-refractivity contribution in [3.63, 3.8) is 0 Å². The lowest BCUT2D eigenvalue weighted by Crippen LogP contribution is -2.26. The number of hydrogen-bond donors (Lipinski definition) is 1. The molecular formula is C17H13Cl2F2NO3. The normalized spacial score (nSPS) is 10.4. The first-order chi connectivity index (χ1) is 11.9. The molecule has 0 aliphatic heterocycles. The molecule has 0 saturated heterocycles. The Morgan fingerprint density at radius 2 is 1.84 bits per heavy atom. The second-order valence-electron chi connectivity index (χ2n) is 5.03. The summed E-state index contributed by atoms with van der Waals surface area (Å²) in [6.07, 6.45) is 0.295. The molecule has 0 spiro atoms. The second-order valence-corrected chi connectivity index (χ2v) is 5.88. The second kappa shape index (κ2) is 8.78. The van der Waals surface area contributed by atoms with E-state index in [0.717, 1.165) is 12.1 Å². The molecule has 0 aliphatic carbocycles. The van der Waals surface area contributed by atoms with Crippen LogP contribution in [-0.4, -0.2) is 18.4 Å². The van der Waals surface area contributed by atoms with Crippen LogP contribution in [0.25, 0.3) is 0 Å². The van der Waals surface area contributed by atoms with E-state index in [2.05, 4.69) is 5.32 Å². The SMILES string of the molecule is O=C(CCCNC(=O)c1ccc(F)cc1F)Oc1ccc(Cl)cc1Cl. The van der Waals surface area contributed by atoms with Crippen molar-refractivity contribution in [2.45, 2.75) is 12.8 Å². The number of hydrogen-bond acceptors (Lipinski definition) is 3. The van der Waals surface area contributed by atoms with Gasteiger partial charge in [0.1, 0.15) is 17.4 Å². The summed E-state index contributed by atoms with van der Waals surface area (Å²) in [6, 6.07) is 7.13. The maximum atomic E-state index is 13.4. The number of halogens is 4. The smallest absolute Gasteiger partial charge is 0.311 e. The molecule has 2 aromatic carbocycles. The van der Waals surface area contributed by atoms with Gasteiger partial charge in [0.15, 0.2) is 0 Å². The Bertz CT molecular complexity index is 799. The molecule has 0 saturated carbocycles. The molecule has 25 heavy (non-hydrogen) atoms.